The predicted octanol–water partition coefficient (Wildman–Crippen LogP) is 4.85. The number of halogens is 2. The van der Waals surface area contributed by atoms with E-state index in [4.69, 9.17) is 25.8 Å². The number of amides is 1. The van der Waals surface area contributed by atoms with Gasteiger partial charge in [0.25, 0.3) is 0 Å². The highest BCUT2D eigenvalue weighted by Crippen LogP contribution is 2.35. The largest absolute Gasteiger partial charge is 0.486 e. The molecule has 1 aliphatic rings. The number of aromatic nitrogens is 2. The van der Waals surface area contributed by atoms with Crippen molar-refractivity contribution >= 4 is 51.6 Å². The van der Waals surface area contributed by atoms with Crippen molar-refractivity contribution in [1.82, 2.24) is 14.9 Å². The van der Waals surface area contributed by atoms with Crippen molar-refractivity contribution in [3.63, 3.8) is 0 Å². The summed E-state index contributed by atoms with van der Waals surface area (Å²) in [7, 11) is 0. The number of anilines is 3. The fourth-order valence-corrected chi connectivity index (χ4v) is 4.67. The van der Waals surface area contributed by atoms with Crippen LogP contribution in [0, 0.1) is 5.82 Å². The van der Waals surface area contributed by atoms with Gasteiger partial charge in [-0.25, -0.2) is 14.4 Å². The molecule has 0 saturated carbocycles. The van der Waals surface area contributed by atoms with Crippen molar-refractivity contribution in [3.05, 3.63) is 59.7 Å². The van der Waals surface area contributed by atoms with Gasteiger partial charge in [-0.1, -0.05) is 17.7 Å². The Hall–Kier alpha value is -3.84. The summed E-state index contributed by atoms with van der Waals surface area (Å²) in [6, 6.07) is 7.63. The molecule has 1 aromatic heterocycles. The summed E-state index contributed by atoms with van der Waals surface area (Å²) < 4.78 is 30.7. The lowest BCUT2D eigenvalue weighted by molar-refractivity contribution is -0.156. The van der Waals surface area contributed by atoms with E-state index >= 15 is 0 Å². The molecule has 236 valence electrons. The first-order valence-corrected chi connectivity index (χ1v) is 14.6. The number of aliphatic hydroxyl groups excluding tert-OH is 1. The van der Waals surface area contributed by atoms with Gasteiger partial charge in [-0.15, -0.1) is 0 Å². The van der Waals surface area contributed by atoms with Crippen LogP contribution in [0.2, 0.25) is 5.02 Å². The first kappa shape index (κ1) is 33.1. The number of hydrogen-bond donors (Lipinski definition) is 3. The molecule has 0 aliphatic carbocycles. The highest BCUT2D eigenvalue weighted by atomic mass is 35.5. The molecule has 0 radical (unpaired) electrons. The Labute approximate surface area is 260 Å². The third kappa shape index (κ3) is 9.84. The fraction of sp³-hybridized carbons (Fsp3) is 0.419. The molecule has 1 amide bonds. The minimum Gasteiger partial charge on any atom is -0.486 e. The van der Waals surface area contributed by atoms with Crippen LogP contribution in [-0.4, -0.2) is 82.5 Å². The first-order chi connectivity index (χ1) is 20.9. The Balaban J connectivity index is 1.55. The molecule has 2 atom stereocenters. The Bertz CT molecular complexity index is 1510. The molecule has 1 saturated heterocycles. The maximum absolute atomic E-state index is 13.7. The van der Waals surface area contributed by atoms with Gasteiger partial charge in [-0.2, -0.15) is 0 Å². The van der Waals surface area contributed by atoms with Gasteiger partial charge < -0.3 is 30.0 Å². The van der Waals surface area contributed by atoms with E-state index < -0.39 is 29.4 Å². The van der Waals surface area contributed by atoms with E-state index in [-0.39, 0.29) is 30.8 Å². The SMILES string of the molecule is C[C@@H](O)CN(CC=CC(=O)Nc1cc2c(Nc3ccc(F)c(Cl)c3)ncnc2cc1O[C@H]1CCOC1)CC(=O)OC(C)(C)C. The number of rotatable bonds is 12. The van der Waals surface area contributed by atoms with Crippen molar-refractivity contribution < 1.29 is 33.3 Å². The minimum atomic E-state index is -0.688. The summed E-state index contributed by atoms with van der Waals surface area (Å²) in [6.45, 7) is 8.34. The van der Waals surface area contributed by atoms with Crippen molar-refractivity contribution in [2.75, 3.05) is 43.5 Å². The lowest BCUT2D eigenvalue weighted by Crippen LogP contribution is -2.38. The molecule has 44 heavy (non-hydrogen) atoms. The third-order valence-electron chi connectivity index (χ3n) is 6.29. The summed E-state index contributed by atoms with van der Waals surface area (Å²) in [5.41, 5.74) is 0.805. The monoisotopic (exact) mass is 629 g/mol. The van der Waals surface area contributed by atoms with E-state index in [1.54, 1.807) is 50.8 Å². The summed E-state index contributed by atoms with van der Waals surface area (Å²) in [6.07, 6.45) is 4.15. The third-order valence-corrected chi connectivity index (χ3v) is 6.58. The number of ether oxygens (including phenoxy) is 3. The molecule has 1 fully saturated rings. The topological polar surface area (TPSA) is 135 Å². The zero-order valence-corrected chi connectivity index (χ0v) is 25.9. The first-order valence-electron chi connectivity index (χ1n) is 14.2. The summed E-state index contributed by atoms with van der Waals surface area (Å²) >= 11 is 5.95. The summed E-state index contributed by atoms with van der Waals surface area (Å²) in [5, 5.41) is 16.4. The average molecular weight is 630 g/mol. The van der Waals surface area contributed by atoms with E-state index in [9.17, 15) is 19.1 Å². The molecule has 11 nitrogen and oxygen atoms in total. The van der Waals surface area contributed by atoms with Gasteiger partial charge in [0.15, 0.2) is 0 Å². The smallest absolute Gasteiger partial charge is 0.320 e. The quantitative estimate of drug-likeness (QED) is 0.188. The fourth-order valence-electron chi connectivity index (χ4n) is 4.49. The second-order valence-electron chi connectivity index (χ2n) is 11.5. The molecular formula is C31H37ClFN5O6. The van der Waals surface area contributed by atoms with Crippen LogP contribution in [0.4, 0.5) is 21.6 Å². The highest BCUT2D eigenvalue weighted by molar-refractivity contribution is 6.31. The Morgan fingerprint density at radius 2 is 2.07 bits per heavy atom. The number of benzene rings is 2. The van der Waals surface area contributed by atoms with Crippen LogP contribution in [-0.2, 0) is 19.1 Å². The van der Waals surface area contributed by atoms with Gasteiger partial charge in [-0.05, 0) is 52.0 Å². The number of esters is 1. The van der Waals surface area contributed by atoms with Gasteiger partial charge in [0.1, 0.15) is 35.4 Å². The second-order valence-corrected chi connectivity index (χ2v) is 11.9. The standard InChI is InChI=1S/C31H37ClFN5O6/c1-19(39)15-38(16-29(41)44-31(2,3)4)10-5-6-28(40)37-26-13-22-25(14-27(26)43-21-9-11-42-17-21)34-18-35-30(22)36-20-7-8-24(33)23(32)12-20/h5-8,12-14,18-19,21,39H,9-11,15-17H2,1-4H3,(H,37,40)(H,34,35,36)/t19-,21+/m1/s1. The van der Waals surface area contributed by atoms with Crippen LogP contribution < -0.4 is 15.4 Å². The molecule has 1 aliphatic heterocycles. The van der Waals surface area contributed by atoms with E-state index in [1.807, 2.05) is 0 Å². The van der Waals surface area contributed by atoms with Crippen molar-refractivity contribution in [2.24, 2.45) is 0 Å². The van der Waals surface area contributed by atoms with Crippen LogP contribution in [0.5, 0.6) is 5.75 Å². The zero-order chi connectivity index (χ0) is 31.9. The summed E-state index contributed by atoms with van der Waals surface area (Å²) in [5.74, 6) is -0.596. The van der Waals surface area contributed by atoms with E-state index in [2.05, 4.69) is 20.6 Å². The second kappa shape index (κ2) is 14.8. The molecule has 2 aromatic carbocycles. The molecule has 2 heterocycles. The Morgan fingerprint density at radius 3 is 2.75 bits per heavy atom. The van der Waals surface area contributed by atoms with Gasteiger partial charge in [0, 0.05) is 42.7 Å². The maximum Gasteiger partial charge on any atom is 0.320 e. The number of nitrogens with zero attached hydrogens (tertiary/aromatic N) is 3. The minimum absolute atomic E-state index is 0.0410. The van der Waals surface area contributed by atoms with Crippen LogP contribution in [0.25, 0.3) is 10.9 Å². The van der Waals surface area contributed by atoms with Crippen LogP contribution in [0.15, 0.2) is 48.8 Å². The van der Waals surface area contributed by atoms with E-state index in [0.717, 1.165) is 0 Å². The number of fused-ring (bicyclic) bond motifs is 1. The molecule has 0 spiro atoms. The Morgan fingerprint density at radius 1 is 1.27 bits per heavy atom. The summed E-state index contributed by atoms with van der Waals surface area (Å²) in [4.78, 5) is 35.8. The highest BCUT2D eigenvalue weighted by Gasteiger charge is 2.22. The van der Waals surface area contributed by atoms with Crippen molar-refractivity contribution in [1.29, 1.82) is 0 Å². The zero-order valence-electron chi connectivity index (χ0n) is 25.1. The van der Waals surface area contributed by atoms with Gasteiger partial charge in [-0.3, -0.25) is 14.5 Å². The molecule has 0 unspecified atom stereocenters. The van der Waals surface area contributed by atoms with Crippen molar-refractivity contribution in [3.8, 4) is 5.75 Å². The van der Waals surface area contributed by atoms with Crippen LogP contribution in [0.3, 0.4) is 0 Å². The average Bonchev–Trinajstić information content (AvgIpc) is 3.43. The molecule has 4 rings (SSSR count). The maximum atomic E-state index is 13.7. The number of nitrogens with one attached hydrogen (secondary N) is 2. The lowest BCUT2D eigenvalue weighted by atomic mass is 10.1. The number of aliphatic hydroxyl groups is 1. The van der Waals surface area contributed by atoms with Gasteiger partial charge >= 0.3 is 5.97 Å². The molecule has 3 N–H and O–H groups in total. The molecule has 0 bridgehead atoms. The lowest BCUT2D eigenvalue weighted by Gasteiger charge is -2.25. The normalized spacial score (nSPS) is 16.0. The number of carbonyl (C=O) groups is 2. The molecule has 3 aromatic rings. The molecule has 13 heteroatoms. The Kier molecular flexibility index (Phi) is 11.1. The number of carbonyl (C=O) groups excluding carboxylic acids is 2. The number of hydrogen-bond acceptors (Lipinski definition) is 10. The molecular weight excluding hydrogens is 593 g/mol. The van der Waals surface area contributed by atoms with E-state index in [1.165, 1.54) is 30.6 Å². The van der Waals surface area contributed by atoms with Gasteiger partial charge in [0.05, 0.1) is 42.1 Å². The van der Waals surface area contributed by atoms with Gasteiger partial charge in [0.2, 0.25) is 5.91 Å². The van der Waals surface area contributed by atoms with Crippen LogP contribution >= 0.6 is 11.6 Å². The van der Waals surface area contributed by atoms with Crippen LogP contribution in [0.1, 0.15) is 34.1 Å². The van der Waals surface area contributed by atoms with Crippen molar-refractivity contribution in [2.45, 2.75) is 51.9 Å². The predicted molar refractivity (Wildman–Crippen MR) is 166 cm³/mol. The van der Waals surface area contributed by atoms with E-state index in [0.29, 0.717) is 53.5 Å².